The topological polar surface area (TPSA) is 45.6 Å². The van der Waals surface area contributed by atoms with Gasteiger partial charge < -0.3 is 14.7 Å². The molecule has 4 aromatic carbocycles. The molecule has 0 saturated heterocycles. The number of ether oxygens (including phenoxy) is 1. The number of benzene rings is 4. The molecular formula is C32H31BrN2O2. The Morgan fingerprint density at radius 1 is 0.946 bits per heavy atom. The minimum atomic E-state index is -2.92. The van der Waals surface area contributed by atoms with Crippen LogP contribution in [0.5, 0.6) is 5.88 Å². The van der Waals surface area contributed by atoms with E-state index >= 15 is 0 Å². The van der Waals surface area contributed by atoms with Gasteiger partial charge in [-0.05, 0) is 66.5 Å². The Morgan fingerprint density at radius 3 is 2.49 bits per heavy atom. The van der Waals surface area contributed by atoms with Crippen molar-refractivity contribution in [1.82, 2.24) is 9.88 Å². The summed E-state index contributed by atoms with van der Waals surface area (Å²) in [5.41, 5.74) is 0.712. The van der Waals surface area contributed by atoms with Crippen molar-refractivity contribution in [2.45, 2.75) is 17.9 Å². The van der Waals surface area contributed by atoms with E-state index in [1.807, 2.05) is 97.1 Å². The van der Waals surface area contributed by atoms with Crippen LogP contribution in [-0.2, 0) is 5.60 Å². The van der Waals surface area contributed by atoms with Gasteiger partial charge in [0.15, 0.2) is 0 Å². The highest BCUT2D eigenvalue weighted by Gasteiger charge is 2.43. The number of pyridine rings is 1. The molecule has 0 amide bonds. The summed E-state index contributed by atoms with van der Waals surface area (Å²) in [4.78, 5) is 5.27. The molecule has 0 aliphatic rings. The van der Waals surface area contributed by atoms with Crippen LogP contribution < -0.4 is 4.74 Å². The number of nitrogens with zero attached hydrogens (tertiary/aromatic N) is 2. The number of hydrogen-bond donors (Lipinski definition) is 1. The van der Waals surface area contributed by atoms with Crippen molar-refractivity contribution >= 4 is 37.6 Å². The maximum Gasteiger partial charge on any atom is 0.217 e. The Balaban J connectivity index is 1.82. The van der Waals surface area contributed by atoms with E-state index in [0.717, 1.165) is 26.2 Å². The quantitative estimate of drug-likeness (QED) is 0.219. The number of rotatable bonds is 8. The molecule has 0 aliphatic carbocycles. The van der Waals surface area contributed by atoms with Gasteiger partial charge in [-0.3, -0.25) is 0 Å². The van der Waals surface area contributed by atoms with Crippen LogP contribution in [0.15, 0.2) is 102 Å². The highest BCUT2D eigenvalue weighted by Crippen LogP contribution is 2.49. The number of fused-ring (bicyclic) bond motifs is 2. The van der Waals surface area contributed by atoms with Gasteiger partial charge in [0.25, 0.3) is 0 Å². The highest BCUT2D eigenvalue weighted by molar-refractivity contribution is 9.10. The van der Waals surface area contributed by atoms with E-state index in [2.05, 4.69) is 15.9 Å². The Bertz CT molecular complexity index is 1730. The largest absolute Gasteiger partial charge is 0.481 e. The second kappa shape index (κ2) is 10.6. The van der Waals surface area contributed by atoms with Crippen molar-refractivity contribution in [2.24, 2.45) is 0 Å². The highest BCUT2D eigenvalue weighted by atomic mass is 79.9. The van der Waals surface area contributed by atoms with Crippen molar-refractivity contribution < 1.29 is 18.1 Å². The lowest BCUT2D eigenvalue weighted by atomic mass is 9.70. The van der Waals surface area contributed by atoms with Crippen LogP contribution in [0.4, 0.5) is 0 Å². The van der Waals surface area contributed by atoms with Crippen molar-refractivity contribution in [2.75, 3.05) is 27.6 Å². The summed E-state index contributed by atoms with van der Waals surface area (Å²) in [6.07, 6.45) is -0.225. The standard InChI is InChI=1S/C32H31BrN2O2/c1-35(2)19-18-32(36,28-15-9-13-22-10-7-8-14-26(22)28)30(23-11-5-4-6-12-23)27-21-24-20-25(33)16-17-29(24)34-31(27)37-3/h4-17,20-21,30,36H,18-19H2,1-3H3/t30-,32-/m1/s1/i1D3,2D3. The third-order valence-electron chi connectivity index (χ3n) is 6.86. The number of halogens is 1. The van der Waals surface area contributed by atoms with Crippen molar-refractivity contribution in [1.29, 1.82) is 0 Å². The average molecular weight is 562 g/mol. The van der Waals surface area contributed by atoms with Gasteiger partial charge in [0, 0.05) is 36.1 Å². The van der Waals surface area contributed by atoms with E-state index in [4.69, 9.17) is 17.9 Å². The van der Waals surface area contributed by atoms with E-state index in [1.54, 1.807) is 0 Å². The van der Waals surface area contributed by atoms with E-state index < -0.39 is 32.0 Å². The van der Waals surface area contributed by atoms with Crippen molar-refractivity contribution in [3.8, 4) is 5.88 Å². The molecule has 0 aliphatic heterocycles. The van der Waals surface area contributed by atoms with E-state index in [0.29, 0.717) is 27.4 Å². The summed E-state index contributed by atoms with van der Waals surface area (Å²) in [7, 11) is 1.51. The Kier molecular flexibility index (Phi) is 5.43. The number of methoxy groups -OCH3 is 1. The predicted molar refractivity (Wildman–Crippen MR) is 155 cm³/mol. The molecule has 5 rings (SSSR count). The normalized spacial score (nSPS) is 17.2. The molecule has 0 spiro atoms. The van der Waals surface area contributed by atoms with Crippen LogP contribution in [-0.4, -0.2) is 42.6 Å². The molecule has 37 heavy (non-hydrogen) atoms. The molecule has 0 bridgehead atoms. The molecule has 0 radical (unpaired) electrons. The van der Waals surface area contributed by atoms with Crippen LogP contribution in [0, 0.1) is 0 Å². The maximum atomic E-state index is 13.2. The molecule has 5 aromatic rings. The molecule has 1 N–H and O–H groups in total. The summed E-state index contributed by atoms with van der Waals surface area (Å²) in [6.45, 7) is -6.27. The van der Waals surface area contributed by atoms with Crippen molar-refractivity contribution in [3.05, 3.63) is 118 Å². The van der Waals surface area contributed by atoms with Gasteiger partial charge in [0.1, 0.15) is 5.60 Å². The van der Waals surface area contributed by atoms with E-state index in [9.17, 15) is 5.11 Å². The molecule has 5 heteroatoms. The molecule has 0 unspecified atom stereocenters. The van der Waals surface area contributed by atoms with Gasteiger partial charge in [-0.25, -0.2) is 4.98 Å². The van der Waals surface area contributed by atoms with Gasteiger partial charge >= 0.3 is 0 Å². The van der Waals surface area contributed by atoms with Crippen molar-refractivity contribution in [3.63, 3.8) is 0 Å². The number of hydrogen-bond acceptors (Lipinski definition) is 4. The number of aromatic nitrogens is 1. The fourth-order valence-corrected chi connectivity index (χ4v) is 5.57. The van der Waals surface area contributed by atoms with Crippen LogP contribution >= 0.6 is 15.9 Å². The lowest BCUT2D eigenvalue weighted by Gasteiger charge is -2.39. The zero-order valence-corrected chi connectivity index (χ0v) is 21.9. The molecule has 2 atom stereocenters. The fraction of sp³-hybridized carbons (Fsp3) is 0.219. The summed E-state index contributed by atoms with van der Waals surface area (Å²) < 4.78 is 54.6. The zero-order valence-electron chi connectivity index (χ0n) is 26.4. The van der Waals surface area contributed by atoms with Gasteiger partial charge in [-0.1, -0.05) is 88.7 Å². The smallest absolute Gasteiger partial charge is 0.217 e. The third-order valence-corrected chi connectivity index (χ3v) is 7.35. The molecular weight excluding hydrogens is 524 g/mol. The van der Waals surface area contributed by atoms with Crippen LogP contribution in [0.3, 0.4) is 0 Å². The van der Waals surface area contributed by atoms with Crippen LogP contribution in [0.2, 0.25) is 0 Å². The van der Waals surface area contributed by atoms with Gasteiger partial charge in [-0.15, -0.1) is 0 Å². The Morgan fingerprint density at radius 2 is 1.70 bits per heavy atom. The van der Waals surface area contributed by atoms with Gasteiger partial charge in [-0.2, -0.15) is 0 Å². The summed E-state index contributed by atoms with van der Waals surface area (Å²) >= 11 is 3.54. The second-order valence-corrected chi connectivity index (χ2v) is 10.0. The Hall–Kier alpha value is -3.25. The first-order valence-corrected chi connectivity index (χ1v) is 12.8. The minimum Gasteiger partial charge on any atom is -0.481 e. The maximum absolute atomic E-state index is 13.2. The lowest BCUT2D eigenvalue weighted by Crippen LogP contribution is -2.38. The summed E-state index contributed by atoms with van der Waals surface area (Å²) in [6, 6.07) is 30.1. The first-order valence-electron chi connectivity index (χ1n) is 15.0. The SMILES string of the molecule is [2H]C([2H])([2H])N(CC[C@@](O)(c1cccc2ccccc12)[C@H](c1ccccc1)c1cc2cc(Br)ccc2nc1OC)C([2H])([2H])[2H]. The van der Waals surface area contributed by atoms with E-state index in [1.165, 1.54) is 7.11 Å². The van der Waals surface area contributed by atoms with E-state index in [-0.39, 0.29) is 6.42 Å². The first kappa shape index (κ1) is 18.9. The summed E-state index contributed by atoms with van der Waals surface area (Å²) in [5.74, 6) is -0.536. The lowest BCUT2D eigenvalue weighted by molar-refractivity contribution is 0.00520. The number of aliphatic hydroxyl groups is 1. The third kappa shape index (κ3) is 4.99. The molecule has 1 heterocycles. The summed E-state index contributed by atoms with van der Waals surface area (Å²) in [5, 5.41) is 15.6. The average Bonchev–Trinajstić information content (AvgIpc) is 2.95. The zero-order chi connectivity index (χ0) is 31.0. The van der Waals surface area contributed by atoms with Gasteiger partial charge in [0.05, 0.1) is 12.6 Å². The first-order chi connectivity index (χ1) is 20.3. The molecule has 1 aromatic heterocycles. The Labute approximate surface area is 235 Å². The van der Waals surface area contributed by atoms with Gasteiger partial charge in [0.2, 0.25) is 5.88 Å². The molecule has 4 nitrogen and oxygen atoms in total. The molecule has 0 saturated carbocycles. The fourth-order valence-electron chi connectivity index (χ4n) is 5.19. The minimum absolute atomic E-state index is 0.225. The van der Waals surface area contributed by atoms with Crippen LogP contribution in [0.25, 0.3) is 21.7 Å². The molecule has 188 valence electrons. The molecule has 0 fully saturated rings. The predicted octanol–water partition coefficient (Wildman–Crippen LogP) is 7.13. The second-order valence-electron chi connectivity index (χ2n) is 9.12. The monoisotopic (exact) mass is 560 g/mol. The van der Waals surface area contributed by atoms with Crippen LogP contribution in [0.1, 0.15) is 37.3 Å².